The summed E-state index contributed by atoms with van der Waals surface area (Å²) in [6.07, 6.45) is 0. The Balaban J connectivity index is 1.66. The van der Waals surface area contributed by atoms with Gasteiger partial charge < -0.3 is 15.1 Å². The topological polar surface area (TPSA) is 77.6 Å². The highest BCUT2D eigenvalue weighted by atomic mass is 16.3. The molecular formula is C20H14N4O. The molecule has 0 aliphatic heterocycles. The number of nitrogens with zero attached hydrogens (tertiary/aromatic N) is 2. The molecule has 0 aliphatic carbocycles. The number of phenolic OH excluding ortho intramolecular Hbond substituents is 1. The summed E-state index contributed by atoms with van der Waals surface area (Å²) in [5, 5.41) is 10.3. The molecule has 0 amide bonds. The summed E-state index contributed by atoms with van der Waals surface area (Å²) < 4.78 is 0. The Kier molecular flexibility index (Phi) is 2.87. The summed E-state index contributed by atoms with van der Waals surface area (Å²) in [5.74, 6) is 1.58. The van der Waals surface area contributed by atoms with Crippen LogP contribution in [0.4, 0.5) is 0 Å². The van der Waals surface area contributed by atoms with Crippen molar-refractivity contribution in [3.05, 3.63) is 66.7 Å². The lowest BCUT2D eigenvalue weighted by molar-refractivity contribution is 0.477. The smallest absolute Gasteiger partial charge is 0.142 e. The van der Waals surface area contributed by atoms with E-state index < -0.39 is 0 Å². The fraction of sp³-hybridized carbons (Fsp3) is 0. The molecule has 5 aromatic rings. The van der Waals surface area contributed by atoms with E-state index in [9.17, 15) is 5.11 Å². The van der Waals surface area contributed by atoms with E-state index in [0.717, 1.165) is 33.5 Å². The van der Waals surface area contributed by atoms with Crippen molar-refractivity contribution < 1.29 is 5.11 Å². The van der Waals surface area contributed by atoms with Gasteiger partial charge in [0.1, 0.15) is 17.4 Å². The molecule has 0 bridgehead atoms. The van der Waals surface area contributed by atoms with Gasteiger partial charge in [-0.15, -0.1) is 0 Å². The maximum absolute atomic E-state index is 10.3. The van der Waals surface area contributed by atoms with E-state index in [1.807, 2.05) is 60.7 Å². The van der Waals surface area contributed by atoms with Crippen molar-refractivity contribution in [2.75, 3.05) is 0 Å². The van der Waals surface area contributed by atoms with Gasteiger partial charge in [-0.1, -0.05) is 24.3 Å². The van der Waals surface area contributed by atoms with Crippen molar-refractivity contribution in [1.29, 1.82) is 0 Å². The molecule has 0 radical (unpaired) electrons. The van der Waals surface area contributed by atoms with Crippen LogP contribution in [-0.2, 0) is 0 Å². The van der Waals surface area contributed by atoms with Gasteiger partial charge in [-0.25, -0.2) is 9.97 Å². The van der Waals surface area contributed by atoms with Gasteiger partial charge in [-0.3, -0.25) is 0 Å². The number of hydrogen-bond donors (Lipinski definition) is 3. The first-order chi connectivity index (χ1) is 12.3. The standard InChI is InChI=1S/C20H14N4O/c25-18-10-9-12(19-21-14-5-1-2-6-15(14)22-19)11-13(18)20-23-16-7-3-4-8-17(16)24-20/h1-11,25H,(H,21,22)(H,23,24). The summed E-state index contributed by atoms with van der Waals surface area (Å²) in [4.78, 5) is 15.8. The molecule has 0 unspecified atom stereocenters. The number of rotatable bonds is 2. The zero-order chi connectivity index (χ0) is 16.8. The number of fused-ring (bicyclic) bond motifs is 2. The van der Waals surface area contributed by atoms with Gasteiger partial charge in [0.25, 0.3) is 0 Å². The number of aromatic nitrogens is 4. The number of phenols is 1. The van der Waals surface area contributed by atoms with Crippen molar-refractivity contribution in [3.63, 3.8) is 0 Å². The number of para-hydroxylation sites is 4. The zero-order valence-corrected chi connectivity index (χ0v) is 13.2. The van der Waals surface area contributed by atoms with Crippen molar-refractivity contribution >= 4 is 22.1 Å². The molecule has 25 heavy (non-hydrogen) atoms. The van der Waals surface area contributed by atoms with Crippen LogP contribution < -0.4 is 0 Å². The van der Waals surface area contributed by atoms with Gasteiger partial charge in [0.05, 0.1) is 27.6 Å². The van der Waals surface area contributed by atoms with E-state index in [2.05, 4.69) is 19.9 Å². The van der Waals surface area contributed by atoms with Crippen LogP contribution in [0.2, 0.25) is 0 Å². The Morgan fingerprint density at radius 1 is 0.680 bits per heavy atom. The molecule has 0 saturated carbocycles. The first-order valence-corrected chi connectivity index (χ1v) is 8.01. The molecule has 3 N–H and O–H groups in total. The second-order valence-corrected chi connectivity index (χ2v) is 5.94. The molecule has 0 saturated heterocycles. The first kappa shape index (κ1) is 13.8. The Morgan fingerprint density at radius 2 is 1.28 bits per heavy atom. The molecule has 0 atom stereocenters. The second kappa shape index (κ2) is 5.21. The Labute approximate surface area is 143 Å². The second-order valence-electron chi connectivity index (χ2n) is 5.94. The van der Waals surface area contributed by atoms with Crippen molar-refractivity contribution in [3.8, 4) is 28.5 Å². The maximum Gasteiger partial charge on any atom is 0.142 e. The van der Waals surface area contributed by atoms with E-state index in [1.54, 1.807) is 6.07 Å². The van der Waals surface area contributed by atoms with Gasteiger partial charge in [-0.05, 0) is 42.5 Å². The molecule has 5 nitrogen and oxygen atoms in total. The lowest BCUT2D eigenvalue weighted by atomic mass is 10.1. The third kappa shape index (κ3) is 2.25. The zero-order valence-electron chi connectivity index (χ0n) is 13.2. The van der Waals surface area contributed by atoms with Crippen LogP contribution >= 0.6 is 0 Å². The van der Waals surface area contributed by atoms with Crippen molar-refractivity contribution in [2.45, 2.75) is 0 Å². The molecule has 0 aliphatic rings. The summed E-state index contributed by atoms with van der Waals surface area (Å²) in [5.41, 5.74) is 5.24. The van der Waals surface area contributed by atoms with Crippen LogP contribution in [0.3, 0.4) is 0 Å². The van der Waals surface area contributed by atoms with Gasteiger partial charge in [0, 0.05) is 5.56 Å². The largest absolute Gasteiger partial charge is 0.507 e. The van der Waals surface area contributed by atoms with Crippen LogP contribution in [0.5, 0.6) is 5.75 Å². The number of aromatic amines is 2. The third-order valence-electron chi connectivity index (χ3n) is 4.30. The van der Waals surface area contributed by atoms with E-state index in [1.165, 1.54) is 0 Å². The van der Waals surface area contributed by atoms with Gasteiger partial charge in [0.2, 0.25) is 0 Å². The maximum atomic E-state index is 10.3. The highest BCUT2D eigenvalue weighted by Crippen LogP contribution is 2.32. The Morgan fingerprint density at radius 3 is 1.96 bits per heavy atom. The monoisotopic (exact) mass is 326 g/mol. The highest BCUT2D eigenvalue weighted by molar-refractivity contribution is 5.83. The SMILES string of the molecule is Oc1ccc(-c2nc3ccccc3[nH]2)cc1-c1nc2ccccc2[nH]1. The minimum atomic E-state index is 0.180. The predicted octanol–water partition coefficient (Wildman–Crippen LogP) is 4.48. The molecule has 2 heterocycles. The summed E-state index contributed by atoms with van der Waals surface area (Å²) >= 11 is 0. The molecule has 2 aromatic heterocycles. The molecule has 0 spiro atoms. The van der Waals surface area contributed by atoms with Crippen LogP contribution in [0.15, 0.2) is 66.7 Å². The minimum absolute atomic E-state index is 0.180. The number of H-pyrrole nitrogens is 2. The van der Waals surface area contributed by atoms with Crippen LogP contribution in [0.1, 0.15) is 0 Å². The summed E-state index contributed by atoms with van der Waals surface area (Å²) in [6.45, 7) is 0. The molecule has 3 aromatic carbocycles. The average Bonchev–Trinajstić information content (AvgIpc) is 3.26. The molecule has 120 valence electrons. The molecule has 0 fully saturated rings. The fourth-order valence-electron chi connectivity index (χ4n) is 3.04. The van der Waals surface area contributed by atoms with Crippen LogP contribution in [-0.4, -0.2) is 25.0 Å². The summed E-state index contributed by atoms with van der Waals surface area (Å²) in [6, 6.07) is 21.1. The first-order valence-electron chi connectivity index (χ1n) is 8.01. The minimum Gasteiger partial charge on any atom is -0.507 e. The highest BCUT2D eigenvalue weighted by Gasteiger charge is 2.13. The normalized spacial score (nSPS) is 11.4. The number of benzene rings is 3. The molecule has 5 heteroatoms. The molecular weight excluding hydrogens is 312 g/mol. The quantitative estimate of drug-likeness (QED) is 0.447. The third-order valence-corrected chi connectivity index (χ3v) is 4.30. The average molecular weight is 326 g/mol. The predicted molar refractivity (Wildman–Crippen MR) is 98.3 cm³/mol. The van der Waals surface area contributed by atoms with E-state index in [-0.39, 0.29) is 5.75 Å². The number of nitrogens with one attached hydrogen (secondary N) is 2. The van der Waals surface area contributed by atoms with Crippen LogP contribution in [0.25, 0.3) is 44.8 Å². The van der Waals surface area contributed by atoms with Gasteiger partial charge >= 0.3 is 0 Å². The fourth-order valence-corrected chi connectivity index (χ4v) is 3.04. The van der Waals surface area contributed by atoms with E-state index >= 15 is 0 Å². The Bertz CT molecular complexity index is 1150. The lowest BCUT2D eigenvalue weighted by Crippen LogP contribution is -1.86. The molecule has 5 rings (SSSR count). The number of imidazole rings is 2. The Hall–Kier alpha value is -3.60. The van der Waals surface area contributed by atoms with E-state index in [0.29, 0.717) is 11.4 Å². The lowest BCUT2D eigenvalue weighted by Gasteiger charge is -2.04. The van der Waals surface area contributed by atoms with Crippen LogP contribution in [0, 0.1) is 0 Å². The number of aromatic hydroxyl groups is 1. The van der Waals surface area contributed by atoms with E-state index in [4.69, 9.17) is 0 Å². The van der Waals surface area contributed by atoms with Crippen molar-refractivity contribution in [2.24, 2.45) is 0 Å². The number of hydrogen-bond acceptors (Lipinski definition) is 3. The van der Waals surface area contributed by atoms with Gasteiger partial charge in [-0.2, -0.15) is 0 Å². The van der Waals surface area contributed by atoms with Gasteiger partial charge in [0.15, 0.2) is 0 Å². The summed E-state index contributed by atoms with van der Waals surface area (Å²) in [7, 11) is 0. The van der Waals surface area contributed by atoms with Crippen molar-refractivity contribution in [1.82, 2.24) is 19.9 Å².